The van der Waals surface area contributed by atoms with Gasteiger partial charge in [-0.3, -0.25) is 4.79 Å². The van der Waals surface area contributed by atoms with E-state index in [1.807, 2.05) is 0 Å². The van der Waals surface area contributed by atoms with E-state index in [2.05, 4.69) is 18.7 Å². The lowest BCUT2D eigenvalue weighted by Crippen LogP contribution is -2.52. The van der Waals surface area contributed by atoms with Gasteiger partial charge in [-0.2, -0.15) is 0 Å². The van der Waals surface area contributed by atoms with E-state index in [4.69, 9.17) is 5.73 Å². The Bertz CT molecular complexity index is 318. The molecule has 0 aromatic carbocycles. The van der Waals surface area contributed by atoms with Crippen molar-refractivity contribution in [3.8, 4) is 0 Å². The number of hydrogen-bond acceptors (Lipinski definition) is 2. The first-order valence-corrected chi connectivity index (χ1v) is 8.63. The Kier molecular flexibility index (Phi) is 5.88. The van der Waals surface area contributed by atoms with Gasteiger partial charge in [-0.05, 0) is 56.4 Å². The highest BCUT2D eigenvalue weighted by Crippen LogP contribution is 2.39. The van der Waals surface area contributed by atoms with Crippen molar-refractivity contribution in [3.05, 3.63) is 0 Å². The first-order valence-electron chi connectivity index (χ1n) is 8.63. The molecule has 1 heterocycles. The molecular weight excluding hydrogens is 248 g/mol. The van der Waals surface area contributed by atoms with Gasteiger partial charge in [0.05, 0.1) is 0 Å². The quantitative estimate of drug-likeness (QED) is 0.840. The van der Waals surface area contributed by atoms with E-state index >= 15 is 0 Å². The number of nitrogens with two attached hydrogens (primary N) is 1. The van der Waals surface area contributed by atoms with Gasteiger partial charge in [0.1, 0.15) is 0 Å². The van der Waals surface area contributed by atoms with E-state index in [-0.39, 0.29) is 0 Å². The average Bonchev–Trinajstić information content (AvgIpc) is 2.46. The molecule has 116 valence electrons. The molecule has 1 saturated carbocycles. The van der Waals surface area contributed by atoms with Crippen molar-refractivity contribution >= 4 is 5.91 Å². The first kappa shape index (κ1) is 15.8. The Labute approximate surface area is 124 Å². The van der Waals surface area contributed by atoms with E-state index in [1.165, 1.54) is 32.1 Å². The maximum absolute atomic E-state index is 12.6. The maximum Gasteiger partial charge on any atom is 0.222 e. The number of amides is 1. The molecule has 20 heavy (non-hydrogen) atoms. The predicted octanol–water partition coefficient (Wildman–Crippen LogP) is 3.18. The molecule has 4 unspecified atom stereocenters. The van der Waals surface area contributed by atoms with Crippen molar-refractivity contribution in [2.24, 2.45) is 23.5 Å². The fourth-order valence-corrected chi connectivity index (χ4v) is 4.17. The zero-order chi connectivity index (χ0) is 14.5. The molecule has 1 amide bonds. The smallest absolute Gasteiger partial charge is 0.222 e. The minimum Gasteiger partial charge on any atom is -0.339 e. The van der Waals surface area contributed by atoms with Crippen LogP contribution in [0.1, 0.15) is 65.2 Å². The zero-order valence-electron chi connectivity index (χ0n) is 13.3. The number of carbonyl (C=O) groups excluding carboxylic acids is 1. The number of likely N-dealkylation sites (tertiary alicyclic amines) is 1. The molecule has 0 bridgehead atoms. The minimum atomic E-state index is 0.401. The summed E-state index contributed by atoms with van der Waals surface area (Å²) in [5.74, 6) is 2.55. The number of nitrogens with zero attached hydrogens (tertiary/aromatic N) is 1. The summed E-state index contributed by atoms with van der Waals surface area (Å²) in [5.41, 5.74) is 5.59. The van der Waals surface area contributed by atoms with Gasteiger partial charge in [-0.1, -0.05) is 26.7 Å². The molecule has 2 aliphatic rings. The third kappa shape index (κ3) is 3.75. The largest absolute Gasteiger partial charge is 0.339 e. The highest BCUT2D eigenvalue weighted by Gasteiger charge is 2.38. The van der Waals surface area contributed by atoms with Crippen LogP contribution in [0.15, 0.2) is 0 Å². The van der Waals surface area contributed by atoms with E-state index in [0.29, 0.717) is 17.9 Å². The molecule has 0 radical (unpaired) electrons. The second kappa shape index (κ2) is 7.44. The topological polar surface area (TPSA) is 46.3 Å². The Hall–Kier alpha value is -0.570. The van der Waals surface area contributed by atoms with E-state index < -0.39 is 0 Å². The molecule has 1 aliphatic carbocycles. The summed E-state index contributed by atoms with van der Waals surface area (Å²) in [6.07, 6.45) is 9.19. The molecule has 1 aliphatic heterocycles. The molecule has 3 nitrogen and oxygen atoms in total. The summed E-state index contributed by atoms with van der Waals surface area (Å²) < 4.78 is 0. The van der Waals surface area contributed by atoms with Crippen LogP contribution in [-0.4, -0.2) is 29.9 Å². The summed E-state index contributed by atoms with van der Waals surface area (Å²) in [6.45, 7) is 6.32. The van der Waals surface area contributed by atoms with Crippen LogP contribution >= 0.6 is 0 Å². The van der Waals surface area contributed by atoms with Crippen molar-refractivity contribution in [1.29, 1.82) is 0 Å². The van der Waals surface area contributed by atoms with Gasteiger partial charge in [0.25, 0.3) is 0 Å². The van der Waals surface area contributed by atoms with E-state index in [0.717, 1.165) is 44.2 Å². The van der Waals surface area contributed by atoms with E-state index in [9.17, 15) is 4.79 Å². The van der Waals surface area contributed by atoms with Gasteiger partial charge >= 0.3 is 0 Å². The van der Waals surface area contributed by atoms with Crippen LogP contribution in [0.2, 0.25) is 0 Å². The van der Waals surface area contributed by atoms with Crippen LogP contribution in [0.5, 0.6) is 0 Å². The van der Waals surface area contributed by atoms with Gasteiger partial charge in [-0.25, -0.2) is 0 Å². The summed E-state index contributed by atoms with van der Waals surface area (Å²) in [7, 11) is 0. The maximum atomic E-state index is 12.6. The monoisotopic (exact) mass is 280 g/mol. The van der Waals surface area contributed by atoms with Gasteiger partial charge in [-0.15, -0.1) is 0 Å². The number of piperidine rings is 1. The summed E-state index contributed by atoms with van der Waals surface area (Å²) in [4.78, 5) is 14.8. The first-order chi connectivity index (χ1) is 9.63. The van der Waals surface area contributed by atoms with Crippen LogP contribution in [-0.2, 0) is 4.79 Å². The lowest BCUT2D eigenvalue weighted by molar-refractivity contribution is -0.139. The molecule has 2 N–H and O–H groups in total. The molecule has 2 rings (SSSR count). The molecule has 3 heteroatoms. The van der Waals surface area contributed by atoms with Crippen molar-refractivity contribution in [1.82, 2.24) is 4.90 Å². The second-order valence-electron chi connectivity index (χ2n) is 7.09. The molecular formula is C17H32N2O. The SMILES string of the molecule is CC(CCN)CCC(=O)N1CCC(C)C2CCCCC21. The Morgan fingerprint density at radius 3 is 2.75 bits per heavy atom. The van der Waals surface area contributed by atoms with Crippen LogP contribution in [0.3, 0.4) is 0 Å². The highest BCUT2D eigenvalue weighted by molar-refractivity contribution is 5.76. The van der Waals surface area contributed by atoms with E-state index in [1.54, 1.807) is 0 Å². The van der Waals surface area contributed by atoms with Crippen molar-refractivity contribution in [3.63, 3.8) is 0 Å². The van der Waals surface area contributed by atoms with Gasteiger partial charge in [0, 0.05) is 19.0 Å². The molecule has 0 aromatic rings. The number of hydrogen-bond donors (Lipinski definition) is 1. The minimum absolute atomic E-state index is 0.401. The highest BCUT2D eigenvalue weighted by atomic mass is 16.2. The molecule has 1 saturated heterocycles. The summed E-state index contributed by atoms with van der Waals surface area (Å²) in [5, 5.41) is 0. The third-order valence-electron chi connectivity index (χ3n) is 5.57. The lowest BCUT2D eigenvalue weighted by Gasteiger charge is -2.47. The van der Waals surface area contributed by atoms with Crippen LogP contribution in [0.4, 0.5) is 0 Å². The van der Waals surface area contributed by atoms with Crippen molar-refractivity contribution in [2.75, 3.05) is 13.1 Å². The molecule has 0 spiro atoms. The van der Waals surface area contributed by atoms with Gasteiger partial charge in [0.2, 0.25) is 5.91 Å². The third-order valence-corrected chi connectivity index (χ3v) is 5.57. The Morgan fingerprint density at radius 2 is 2.00 bits per heavy atom. The zero-order valence-corrected chi connectivity index (χ0v) is 13.3. The molecule has 0 aromatic heterocycles. The summed E-state index contributed by atoms with van der Waals surface area (Å²) >= 11 is 0. The Balaban J connectivity index is 1.88. The predicted molar refractivity (Wildman–Crippen MR) is 83.3 cm³/mol. The fourth-order valence-electron chi connectivity index (χ4n) is 4.17. The van der Waals surface area contributed by atoms with Crippen molar-refractivity contribution < 1.29 is 4.79 Å². The number of carbonyl (C=O) groups is 1. The number of rotatable bonds is 5. The lowest BCUT2D eigenvalue weighted by atomic mass is 9.72. The van der Waals surface area contributed by atoms with Gasteiger partial charge in [0.15, 0.2) is 0 Å². The fraction of sp³-hybridized carbons (Fsp3) is 0.941. The van der Waals surface area contributed by atoms with Crippen molar-refractivity contribution in [2.45, 2.75) is 71.3 Å². The van der Waals surface area contributed by atoms with Crippen LogP contribution in [0.25, 0.3) is 0 Å². The van der Waals surface area contributed by atoms with Crippen LogP contribution in [0, 0.1) is 17.8 Å². The molecule has 2 fully saturated rings. The average molecular weight is 280 g/mol. The second-order valence-corrected chi connectivity index (χ2v) is 7.09. The Morgan fingerprint density at radius 1 is 1.25 bits per heavy atom. The normalized spacial score (nSPS) is 31.8. The number of fused-ring (bicyclic) bond motifs is 1. The summed E-state index contributed by atoms with van der Waals surface area (Å²) in [6, 6.07) is 0.546. The van der Waals surface area contributed by atoms with Gasteiger partial charge < -0.3 is 10.6 Å². The molecule has 4 atom stereocenters. The standard InChI is InChI=1S/C17H32N2O/c1-13(9-11-18)7-8-17(20)19-12-10-14(2)15-5-3-4-6-16(15)19/h13-16H,3-12,18H2,1-2H3. The van der Waals surface area contributed by atoms with Crippen LogP contribution < -0.4 is 5.73 Å².